The molecule has 1 aliphatic rings. The van der Waals surface area contributed by atoms with Crippen molar-refractivity contribution in [1.82, 2.24) is 15.2 Å². The Morgan fingerprint density at radius 1 is 1.37 bits per heavy atom. The van der Waals surface area contributed by atoms with Crippen LogP contribution < -0.4 is 5.73 Å². The molecule has 0 aliphatic carbocycles. The standard InChI is InChI=1S/C11H16N4O4/c12-10-9(13-19-14-10)11(18)15-5-3-7(4-6-15)1-2-8(16)17/h7H,1-6H2,(H2,12,14)(H,16,17). The first kappa shape index (κ1) is 13.3. The highest BCUT2D eigenvalue weighted by Gasteiger charge is 2.27. The fourth-order valence-corrected chi connectivity index (χ4v) is 2.25. The summed E-state index contributed by atoms with van der Waals surface area (Å²) in [6.07, 6.45) is 2.43. The van der Waals surface area contributed by atoms with Gasteiger partial charge >= 0.3 is 5.97 Å². The fourth-order valence-electron chi connectivity index (χ4n) is 2.25. The number of carboxylic acids is 1. The third-order valence-electron chi connectivity index (χ3n) is 3.38. The molecule has 0 aromatic carbocycles. The molecule has 2 rings (SSSR count). The Labute approximate surface area is 109 Å². The number of piperidine rings is 1. The van der Waals surface area contributed by atoms with E-state index in [9.17, 15) is 9.59 Å². The molecule has 0 radical (unpaired) electrons. The van der Waals surface area contributed by atoms with Crippen molar-refractivity contribution in [3.8, 4) is 0 Å². The Bertz CT molecular complexity index is 465. The minimum absolute atomic E-state index is 0.00185. The number of hydrogen-bond acceptors (Lipinski definition) is 6. The van der Waals surface area contributed by atoms with E-state index in [0.29, 0.717) is 25.4 Å². The molecular formula is C11H16N4O4. The molecule has 8 heteroatoms. The van der Waals surface area contributed by atoms with Crippen LogP contribution in [0.3, 0.4) is 0 Å². The molecule has 1 aromatic rings. The molecule has 1 aliphatic heterocycles. The lowest BCUT2D eigenvalue weighted by molar-refractivity contribution is -0.137. The van der Waals surface area contributed by atoms with Gasteiger partial charge < -0.3 is 15.7 Å². The van der Waals surface area contributed by atoms with Crippen molar-refractivity contribution >= 4 is 17.7 Å². The van der Waals surface area contributed by atoms with Gasteiger partial charge in [0.1, 0.15) is 0 Å². The molecule has 1 aromatic heterocycles. The van der Waals surface area contributed by atoms with Gasteiger partial charge in [-0.3, -0.25) is 9.59 Å². The van der Waals surface area contributed by atoms with Crippen LogP contribution in [0.25, 0.3) is 0 Å². The van der Waals surface area contributed by atoms with Crippen molar-refractivity contribution in [3.05, 3.63) is 5.69 Å². The summed E-state index contributed by atoms with van der Waals surface area (Å²) in [5.41, 5.74) is 5.52. The van der Waals surface area contributed by atoms with E-state index in [1.165, 1.54) is 0 Å². The number of amides is 1. The highest BCUT2D eigenvalue weighted by Crippen LogP contribution is 2.23. The number of aliphatic carboxylic acids is 1. The monoisotopic (exact) mass is 268 g/mol. The third-order valence-corrected chi connectivity index (χ3v) is 3.38. The Morgan fingerprint density at radius 3 is 2.58 bits per heavy atom. The van der Waals surface area contributed by atoms with Crippen LogP contribution in [0.2, 0.25) is 0 Å². The molecule has 1 saturated heterocycles. The largest absolute Gasteiger partial charge is 0.481 e. The van der Waals surface area contributed by atoms with Crippen molar-refractivity contribution in [2.75, 3.05) is 18.8 Å². The Morgan fingerprint density at radius 2 is 2.05 bits per heavy atom. The first-order valence-corrected chi connectivity index (χ1v) is 6.17. The Kier molecular flexibility index (Phi) is 3.98. The molecule has 104 valence electrons. The topological polar surface area (TPSA) is 123 Å². The van der Waals surface area contributed by atoms with Crippen LogP contribution in [-0.4, -0.2) is 45.3 Å². The average molecular weight is 268 g/mol. The lowest BCUT2D eigenvalue weighted by Crippen LogP contribution is -2.39. The predicted molar refractivity (Wildman–Crippen MR) is 64.2 cm³/mol. The van der Waals surface area contributed by atoms with E-state index in [4.69, 9.17) is 10.8 Å². The summed E-state index contributed by atoms with van der Waals surface area (Å²) in [4.78, 5) is 24.2. The van der Waals surface area contributed by atoms with Gasteiger partial charge in [-0.2, -0.15) is 0 Å². The zero-order chi connectivity index (χ0) is 13.8. The van der Waals surface area contributed by atoms with Crippen molar-refractivity contribution in [1.29, 1.82) is 0 Å². The fraction of sp³-hybridized carbons (Fsp3) is 0.636. The number of rotatable bonds is 4. The maximum absolute atomic E-state index is 12.0. The Balaban J connectivity index is 1.85. The summed E-state index contributed by atoms with van der Waals surface area (Å²) >= 11 is 0. The summed E-state index contributed by atoms with van der Waals surface area (Å²) in [7, 11) is 0. The van der Waals surface area contributed by atoms with Crippen molar-refractivity contribution in [3.63, 3.8) is 0 Å². The molecule has 0 spiro atoms. The average Bonchev–Trinajstić information content (AvgIpc) is 2.82. The summed E-state index contributed by atoms with van der Waals surface area (Å²) in [6, 6.07) is 0. The van der Waals surface area contributed by atoms with Gasteiger partial charge in [-0.25, -0.2) is 4.63 Å². The minimum atomic E-state index is -0.778. The molecule has 0 unspecified atom stereocenters. The molecule has 0 saturated carbocycles. The third kappa shape index (κ3) is 3.21. The van der Waals surface area contributed by atoms with E-state index >= 15 is 0 Å². The van der Waals surface area contributed by atoms with Gasteiger partial charge in [-0.15, -0.1) is 0 Å². The summed E-state index contributed by atoms with van der Waals surface area (Å²) in [5, 5.41) is 15.5. The van der Waals surface area contributed by atoms with Crippen LogP contribution in [0.1, 0.15) is 36.2 Å². The lowest BCUT2D eigenvalue weighted by Gasteiger charge is -2.31. The van der Waals surface area contributed by atoms with Gasteiger partial charge in [0.15, 0.2) is 0 Å². The van der Waals surface area contributed by atoms with Crippen LogP contribution in [0.5, 0.6) is 0 Å². The van der Waals surface area contributed by atoms with Crippen LogP contribution in [0, 0.1) is 5.92 Å². The Hall–Kier alpha value is -2.12. The highest BCUT2D eigenvalue weighted by atomic mass is 16.6. The number of carbonyl (C=O) groups excluding carboxylic acids is 1. The van der Waals surface area contributed by atoms with Crippen LogP contribution in [-0.2, 0) is 4.79 Å². The molecule has 0 bridgehead atoms. The highest BCUT2D eigenvalue weighted by molar-refractivity contribution is 5.96. The molecule has 3 N–H and O–H groups in total. The van der Waals surface area contributed by atoms with E-state index in [1.807, 2.05) is 0 Å². The molecular weight excluding hydrogens is 252 g/mol. The first-order chi connectivity index (χ1) is 9.08. The maximum Gasteiger partial charge on any atom is 0.303 e. The summed E-state index contributed by atoms with van der Waals surface area (Å²) in [6.45, 7) is 1.16. The van der Waals surface area contributed by atoms with E-state index in [0.717, 1.165) is 12.8 Å². The van der Waals surface area contributed by atoms with Gasteiger partial charge in [-0.05, 0) is 35.5 Å². The zero-order valence-electron chi connectivity index (χ0n) is 10.4. The number of likely N-dealkylation sites (tertiary alicyclic amines) is 1. The number of aromatic nitrogens is 2. The van der Waals surface area contributed by atoms with Gasteiger partial charge in [0, 0.05) is 19.5 Å². The van der Waals surface area contributed by atoms with E-state index in [1.54, 1.807) is 4.90 Å². The maximum atomic E-state index is 12.0. The second-order valence-electron chi connectivity index (χ2n) is 4.67. The molecule has 19 heavy (non-hydrogen) atoms. The van der Waals surface area contributed by atoms with Gasteiger partial charge in [0.05, 0.1) is 0 Å². The zero-order valence-corrected chi connectivity index (χ0v) is 10.4. The minimum Gasteiger partial charge on any atom is -0.481 e. The summed E-state index contributed by atoms with van der Waals surface area (Å²) in [5.74, 6) is -0.707. The second kappa shape index (κ2) is 5.68. The molecule has 1 fully saturated rings. The van der Waals surface area contributed by atoms with Gasteiger partial charge in [-0.1, -0.05) is 0 Å². The number of anilines is 1. The molecule has 2 heterocycles. The number of carbonyl (C=O) groups is 2. The van der Waals surface area contributed by atoms with Crippen molar-refractivity contribution in [2.45, 2.75) is 25.7 Å². The summed E-state index contributed by atoms with van der Waals surface area (Å²) < 4.78 is 4.41. The van der Waals surface area contributed by atoms with Crippen LogP contribution >= 0.6 is 0 Å². The molecule has 0 atom stereocenters. The molecule has 8 nitrogen and oxygen atoms in total. The van der Waals surface area contributed by atoms with Crippen LogP contribution in [0.4, 0.5) is 5.82 Å². The number of nitrogens with two attached hydrogens (primary N) is 1. The van der Waals surface area contributed by atoms with E-state index in [-0.39, 0.29) is 23.8 Å². The second-order valence-corrected chi connectivity index (χ2v) is 4.67. The quantitative estimate of drug-likeness (QED) is 0.808. The number of nitrogens with zero attached hydrogens (tertiary/aromatic N) is 3. The van der Waals surface area contributed by atoms with Crippen molar-refractivity contribution < 1.29 is 19.3 Å². The first-order valence-electron chi connectivity index (χ1n) is 6.17. The molecule has 1 amide bonds. The number of carboxylic acid groups (broad SMARTS) is 1. The normalized spacial score (nSPS) is 16.5. The lowest BCUT2D eigenvalue weighted by atomic mass is 9.92. The van der Waals surface area contributed by atoms with Crippen molar-refractivity contribution in [2.24, 2.45) is 5.92 Å². The van der Waals surface area contributed by atoms with Gasteiger partial charge in [0.2, 0.25) is 11.5 Å². The van der Waals surface area contributed by atoms with E-state index in [2.05, 4.69) is 14.9 Å². The number of nitrogen functional groups attached to an aromatic ring is 1. The van der Waals surface area contributed by atoms with Crippen LogP contribution in [0.15, 0.2) is 4.63 Å². The SMILES string of the molecule is Nc1nonc1C(=O)N1CCC(CCC(=O)O)CC1. The number of hydrogen-bond donors (Lipinski definition) is 2. The van der Waals surface area contributed by atoms with Gasteiger partial charge in [0.25, 0.3) is 5.91 Å². The predicted octanol–water partition coefficient (Wildman–Crippen LogP) is 0.369. The van der Waals surface area contributed by atoms with E-state index < -0.39 is 5.97 Å². The smallest absolute Gasteiger partial charge is 0.303 e.